The molecule has 0 aromatic rings. The molecule has 0 radical (unpaired) electrons. The summed E-state index contributed by atoms with van der Waals surface area (Å²) in [5, 5.41) is 9.14. The van der Waals surface area contributed by atoms with Crippen LogP contribution in [0, 0.1) is 5.92 Å². The first-order valence-corrected chi connectivity index (χ1v) is 6.33. The van der Waals surface area contributed by atoms with Crippen molar-refractivity contribution in [1.82, 2.24) is 0 Å². The number of aliphatic hydroxyl groups is 1. The molecule has 0 amide bonds. The van der Waals surface area contributed by atoms with Crippen molar-refractivity contribution in [3.63, 3.8) is 0 Å². The van der Waals surface area contributed by atoms with E-state index in [0.29, 0.717) is 12.5 Å². The van der Waals surface area contributed by atoms with Crippen molar-refractivity contribution in [1.29, 1.82) is 0 Å². The van der Waals surface area contributed by atoms with E-state index < -0.39 is 0 Å². The summed E-state index contributed by atoms with van der Waals surface area (Å²) in [7, 11) is 0. The van der Waals surface area contributed by atoms with Crippen LogP contribution in [-0.4, -0.2) is 35.4 Å². The Morgan fingerprint density at radius 1 is 1.38 bits per heavy atom. The molecule has 1 unspecified atom stereocenters. The average molecular weight is 202 g/mol. The van der Waals surface area contributed by atoms with Crippen molar-refractivity contribution < 1.29 is 9.84 Å². The van der Waals surface area contributed by atoms with E-state index in [0.717, 1.165) is 19.4 Å². The van der Waals surface area contributed by atoms with Crippen LogP contribution in [0.4, 0.5) is 0 Å². The zero-order chi connectivity index (χ0) is 9.15. The molecule has 2 aliphatic heterocycles. The Morgan fingerprint density at radius 3 is 2.85 bits per heavy atom. The smallest absolute Gasteiger partial charge is 0.0701 e. The van der Waals surface area contributed by atoms with E-state index >= 15 is 0 Å². The number of ether oxygens (including phenoxy) is 1. The molecule has 0 aromatic carbocycles. The molecule has 2 aliphatic rings. The molecule has 3 heteroatoms. The fourth-order valence-electron chi connectivity index (χ4n) is 2.38. The van der Waals surface area contributed by atoms with E-state index in [2.05, 4.69) is 0 Å². The predicted octanol–water partition coefficient (Wildman–Crippen LogP) is 1.67. The fourth-order valence-corrected chi connectivity index (χ4v) is 3.61. The molecule has 1 atom stereocenters. The van der Waals surface area contributed by atoms with Crippen molar-refractivity contribution in [2.75, 3.05) is 24.7 Å². The number of hydrogen-bond acceptors (Lipinski definition) is 3. The Hall–Kier alpha value is 0.270. The molecule has 2 fully saturated rings. The van der Waals surface area contributed by atoms with Gasteiger partial charge in [0.05, 0.1) is 5.60 Å². The maximum absolute atomic E-state index is 9.14. The quantitative estimate of drug-likeness (QED) is 0.701. The van der Waals surface area contributed by atoms with Gasteiger partial charge in [-0.1, -0.05) is 0 Å². The van der Waals surface area contributed by atoms with Gasteiger partial charge >= 0.3 is 0 Å². The highest BCUT2D eigenvalue weighted by atomic mass is 32.2. The Bertz CT molecular complexity index is 161. The third-order valence-corrected chi connectivity index (χ3v) is 4.24. The van der Waals surface area contributed by atoms with Gasteiger partial charge in [0.25, 0.3) is 0 Å². The Kier molecular flexibility index (Phi) is 3.17. The minimum absolute atomic E-state index is 0.150. The van der Waals surface area contributed by atoms with Crippen LogP contribution in [0.15, 0.2) is 0 Å². The molecule has 2 rings (SSSR count). The van der Waals surface area contributed by atoms with Gasteiger partial charge in [-0.15, -0.1) is 0 Å². The summed E-state index contributed by atoms with van der Waals surface area (Å²) >= 11 is 2.03. The predicted molar refractivity (Wildman–Crippen MR) is 55.1 cm³/mol. The summed E-state index contributed by atoms with van der Waals surface area (Å²) in [6.07, 6.45) is 4.51. The normalized spacial score (nSPS) is 33.5. The fraction of sp³-hybridized carbons (Fsp3) is 1.00. The van der Waals surface area contributed by atoms with Crippen LogP contribution < -0.4 is 0 Å². The second-order valence-corrected chi connectivity index (χ2v) is 5.41. The van der Waals surface area contributed by atoms with Gasteiger partial charge in [0.1, 0.15) is 0 Å². The van der Waals surface area contributed by atoms with Crippen molar-refractivity contribution >= 4 is 11.8 Å². The molecule has 2 nitrogen and oxygen atoms in total. The van der Waals surface area contributed by atoms with Gasteiger partial charge in [0.15, 0.2) is 0 Å². The van der Waals surface area contributed by atoms with Gasteiger partial charge in [-0.05, 0) is 43.1 Å². The van der Waals surface area contributed by atoms with Gasteiger partial charge in [-0.25, -0.2) is 0 Å². The zero-order valence-corrected chi connectivity index (χ0v) is 8.81. The van der Waals surface area contributed by atoms with Crippen LogP contribution in [0.5, 0.6) is 0 Å². The van der Waals surface area contributed by atoms with Crippen LogP contribution in [0.2, 0.25) is 0 Å². The second-order valence-electron chi connectivity index (χ2n) is 4.19. The topological polar surface area (TPSA) is 29.5 Å². The summed E-state index contributed by atoms with van der Waals surface area (Å²) in [6.45, 7) is 1.20. The molecule has 1 spiro atoms. The molecule has 13 heavy (non-hydrogen) atoms. The summed E-state index contributed by atoms with van der Waals surface area (Å²) in [4.78, 5) is 0. The minimum Gasteiger partial charge on any atom is -0.396 e. The number of thioether (sulfide) groups is 1. The molecular weight excluding hydrogens is 184 g/mol. The van der Waals surface area contributed by atoms with Crippen LogP contribution in [0.3, 0.4) is 0 Å². The highest BCUT2D eigenvalue weighted by molar-refractivity contribution is 7.99. The number of aliphatic hydroxyl groups excluding tert-OH is 1. The Balaban J connectivity index is 1.95. The van der Waals surface area contributed by atoms with Gasteiger partial charge in [0.2, 0.25) is 0 Å². The van der Waals surface area contributed by atoms with Crippen LogP contribution in [-0.2, 0) is 4.74 Å². The monoisotopic (exact) mass is 202 g/mol. The standard InChI is InChI=1S/C10H18O2S/c11-8-9-1-4-12-10(7-9)2-5-13-6-3-10/h9,11H,1-8H2. The molecule has 2 heterocycles. The third-order valence-electron chi connectivity index (χ3n) is 3.26. The lowest BCUT2D eigenvalue weighted by molar-refractivity contribution is -0.108. The van der Waals surface area contributed by atoms with Gasteiger partial charge in [-0.3, -0.25) is 0 Å². The number of rotatable bonds is 1. The minimum atomic E-state index is 0.150. The van der Waals surface area contributed by atoms with E-state index in [4.69, 9.17) is 9.84 Å². The van der Waals surface area contributed by atoms with Crippen molar-refractivity contribution in [2.24, 2.45) is 5.92 Å². The zero-order valence-electron chi connectivity index (χ0n) is 8.00. The lowest BCUT2D eigenvalue weighted by Crippen LogP contribution is -2.43. The Labute approximate surface area is 84.0 Å². The lowest BCUT2D eigenvalue weighted by atomic mass is 9.82. The van der Waals surface area contributed by atoms with Crippen molar-refractivity contribution in [3.8, 4) is 0 Å². The van der Waals surface area contributed by atoms with E-state index in [1.54, 1.807) is 0 Å². The molecule has 0 aliphatic carbocycles. The molecule has 76 valence electrons. The summed E-state index contributed by atoms with van der Waals surface area (Å²) < 4.78 is 5.91. The van der Waals surface area contributed by atoms with E-state index in [9.17, 15) is 0 Å². The van der Waals surface area contributed by atoms with Crippen molar-refractivity contribution in [2.45, 2.75) is 31.3 Å². The first-order chi connectivity index (χ1) is 6.35. The molecular formula is C10H18O2S. The molecule has 0 aromatic heterocycles. The van der Waals surface area contributed by atoms with Crippen LogP contribution >= 0.6 is 11.8 Å². The van der Waals surface area contributed by atoms with Gasteiger partial charge in [0, 0.05) is 13.2 Å². The average Bonchev–Trinajstić information content (AvgIpc) is 2.19. The maximum atomic E-state index is 9.14. The molecule has 0 bridgehead atoms. The largest absolute Gasteiger partial charge is 0.396 e. The first-order valence-electron chi connectivity index (χ1n) is 5.17. The third kappa shape index (κ3) is 2.20. The second kappa shape index (κ2) is 4.20. The van der Waals surface area contributed by atoms with E-state index in [-0.39, 0.29) is 5.60 Å². The van der Waals surface area contributed by atoms with Gasteiger partial charge < -0.3 is 9.84 Å². The summed E-state index contributed by atoms with van der Waals surface area (Å²) in [5.74, 6) is 2.97. The highest BCUT2D eigenvalue weighted by Gasteiger charge is 2.38. The number of hydrogen-bond donors (Lipinski definition) is 1. The van der Waals surface area contributed by atoms with Gasteiger partial charge in [-0.2, -0.15) is 11.8 Å². The molecule has 1 N–H and O–H groups in total. The maximum Gasteiger partial charge on any atom is 0.0701 e. The van der Waals surface area contributed by atoms with E-state index in [1.807, 2.05) is 11.8 Å². The summed E-state index contributed by atoms with van der Waals surface area (Å²) in [6, 6.07) is 0. The molecule has 2 saturated heterocycles. The summed E-state index contributed by atoms with van der Waals surface area (Å²) in [5.41, 5.74) is 0.150. The highest BCUT2D eigenvalue weighted by Crippen LogP contribution is 2.39. The molecule has 0 saturated carbocycles. The SMILES string of the molecule is OCC1CCOC2(CCSCC2)C1. The Morgan fingerprint density at radius 2 is 2.15 bits per heavy atom. The first kappa shape index (κ1) is 9.81. The lowest BCUT2D eigenvalue weighted by Gasteiger charge is -2.42. The van der Waals surface area contributed by atoms with E-state index in [1.165, 1.54) is 24.3 Å². The van der Waals surface area contributed by atoms with Crippen molar-refractivity contribution in [3.05, 3.63) is 0 Å². The van der Waals surface area contributed by atoms with Crippen LogP contribution in [0.25, 0.3) is 0 Å². The van der Waals surface area contributed by atoms with Crippen LogP contribution in [0.1, 0.15) is 25.7 Å².